The van der Waals surface area contributed by atoms with Crippen LogP contribution in [-0.2, 0) is 17.9 Å². The number of carbonyl (C=O) groups is 1. The number of carbonyl (C=O) groups excluding carboxylic acids is 1. The Bertz CT molecular complexity index is 1030. The van der Waals surface area contributed by atoms with E-state index in [9.17, 15) is 9.59 Å². The van der Waals surface area contributed by atoms with Gasteiger partial charge in [0.2, 0.25) is 5.91 Å². The Labute approximate surface area is 152 Å². The molecule has 132 valence electrons. The summed E-state index contributed by atoms with van der Waals surface area (Å²) < 4.78 is 9.50. The van der Waals surface area contributed by atoms with Gasteiger partial charge in [-0.15, -0.1) is 0 Å². The minimum Gasteiger partial charge on any atom is -0.467 e. The summed E-state index contributed by atoms with van der Waals surface area (Å²) in [4.78, 5) is 29.3. The van der Waals surface area contributed by atoms with Crippen LogP contribution in [0.25, 0.3) is 10.3 Å². The number of hydrogen-bond acceptors (Lipinski definition) is 6. The highest BCUT2D eigenvalue weighted by Crippen LogP contribution is 2.20. The van der Waals surface area contributed by atoms with Gasteiger partial charge in [0.25, 0.3) is 5.56 Å². The summed E-state index contributed by atoms with van der Waals surface area (Å²) in [6, 6.07) is 3.65. The molecule has 0 radical (unpaired) electrons. The molecular weight excluding hydrogens is 360 g/mol. The molecule has 0 bridgehead atoms. The van der Waals surface area contributed by atoms with Crippen molar-refractivity contribution in [2.75, 3.05) is 0 Å². The van der Waals surface area contributed by atoms with Gasteiger partial charge >= 0.3 is 0 Å². The van der Waals surface area contributed by atoms with Gasteiger partial charge in [0.05, 0.1) is 12.8 Å². The smallest absolute Gasteiger partial charge is 0.273 e. The predicted molar refractivity (Wildman–Crippen MR) is 98.5 cm³/mol. The van der Waals surface area contributed by atoms with Gasteiger partial charge in [-0.3, -0.25) is 18.7 Å². The molecule has 7 nitrogen and oxygen atoms in total. The van der Waals surface area contributed by atoms with E-state index in [2.05, 4.69) is 10.3 Å². The summed E-state index contributed by atoms with van der Waals surface area (Å²) in [6.07, 6.45) is 1.59. The van der Waals surface area contributed by atoms with Crippen LogP contribution in [0.2, 0.25) is 0 Å². The van der Waals surface area contributed by atoms with Crippen LogP contribution in [0.15, 0.2) is 27.6 Å². The van der Waals surface area contributed by atoms with Gasteiger partial charge in [0, 0.05) is 6.04 Å². The highest BCUT2D eigenvalue weighted by atomic mass is 32.1. The molecular formula is C16H18N4O3S2. The van der Waals surface area contributed by atoms with Gasteiger partial charge in [0.1, 0.15) is 22.8 Å². The highest BCUT2D eigenvalue weighted by molar-refractivity contribution is 7.73. The fourth-order valence-electron chi connectivity index (χ4n) is 2.53. The van der Waals surface area contributed by atoms with E-state index >= 15 is 0 Å². The zero-order chi connectivity index (χ0) is 18.1. The van der Waals surface area contributed by atoms with E-state index in [0.29, 0.717) is 26.7 Å². The predicted octanol–water partition coefficient (Wildman–Crippen LogP) is 2.46. The van der Waals surface area contributed by atoms with Crippen LogP contribution in [0, 0.1) is 10.9 Å². The third-order valence-electron chi connectivity index (χ3n) is 3.61. The molecule has 25 heavy (non-hydrogen) atoms. The lowest BCUT2D eigenvalue weighted by atomic mass is 10.4. The molecule has 0 unspecified atom stereocenters. The van der Waals surface area contributed by atoms with Crippen molar-refractivity contribution in [1.82, 2.24) is 19.4 Å². The maximum atomic E-state index is 12.8. The summed E-state index contributed by atoms with van der Waals surface area (Å²) in [6.45, 7) is 5.80. The lowest BCUT2D eigenvalue weighted by Gasteiger charge is -2.12. The van der Waals surface area contributed by atoms with Gasteiger partial charge < -0.3 is 9.73 Å². The molecule has 1 amide bonds. The maximum absolute atomic E-state index is 12.8. The van der Waals surface area contributed by atoms with Crippen LogP contribution >= 0.6 is 23.6 Å². The number of aryl methyl sites for hydroxylation is 1. The number of aromatic nitrogens is 3. The second kappa shape index (κ2) is 6.93. The second-order valence-corrected chi connectivity index (χ2v) is 7.60. The minimum atomic E-state index is -0.254. The van der Waals surface area contributed by atoms with Gasteiger partial charge in [0.15, 0.2) is 9.60 Å². The van der Waals surface area contributed by atoms with E-state index in [1.807, 2.05) is 19.9 Å². The monoisotopic (exact) mass is 378 g/mol. The van der Waals surface area contributed by atoms with Gasteiger partial charge in [-0.2, -0.15) is 0 Å². The molecule has 3 aromatic heterocycles. The van der Waals surface area contributed by atoms with Gasteiger partial charge in [-0.25, -0.2) is 4.98 Å². The fraction of sp³-hybridized carbons (Fsp3) is 0.375. The van der Waals surface area contributed by atoms with Crippen LogP contribution in [0.3, 0.4) is 0 Å². The van der Waals surface area contributed by atoms with Crippen molar-refractivity contribution in [3.8, 4) is 0 Å². The largest absolute Gasteiger partial charge is 0.467 e. The number of hydrogen-bond donors (Lipinski definition) is 1. The van der Waals surface area contributed by atoms with Crippen LogP contribution < -0.4 is 10.9 Å². The van der Waals surface area contributed by atoms with Crippen molar-refractivity contribution in [2.24, 2.45) is 0 Å². The summed E-state index contributed by atoms with van der Waals surface area (Å²) in [7, 11) is 0. The molecule has 3 heterocycles. The lowest BCUT2D eigenvalue weighted by molar-refractivity contribution is -0.122. The average molecular weight is 378 g/mol. The Hall–Kier alpha value is -2.26. The first-order valence-electron chi connectivity index (χ1n) is 7.79. The van der Waals surface area contributed by atoms with Crippen LogP contribution in [-0.4, -0.2) is 26.1 Å². The summed E-state index contributed by atoms with van der Waals surface area (Å²) in [5.74, 6) is 0.980. The quantitative estimate of drug-likeness (QED) is 0.690. The van der Waals surface area contributed by atoms with E-state index in [1.54, 1.807) is 23.8 Å². The first kappa shape index (κ1) is 17.6. The van der Waals surface area contributed by atoms with Crippen molar-refractivity contribution in [1.29, 1.82) is 0 Å². The standard InChI is InChI=1S/C16H18N4O3S2/c1-9(2)17-12(21)8-19-10(3)18-14-13(15(19)22)25-16(24)20(14)7-11-5-4-6-23-11/h4-6,9H,7-8H2,1-3H3,(H,17,21). The second-order valence-electron chi connectivity index (χ2n) is 5.96. The molecule has 0 atom stereocenters. The Morgan fingerprint density at radius 3 is 2.84 bits per heavy atom. The van der Waals surface area contributed by atoms with Crippen molar-refractivity contribution in [3.63, 3.8) is 0 Å². The highest BCUT2D eigenvalue weighted by Gasteiger charge is 2.17. The Kier molecular flexibility index (Phi) is 4.87. The average Bonchev–Trinajstić information content (AvgIpc) is 3.13. The van der Waals surface area contributed by atoms with E-state index < -0.39 is 0 Å². The summed E-state index contributed by atoms with van der Waals surface area (Å²) in [5.41, 5.74) is 0.269. The van der Waals surface area contributed by atoms with Crippen molar-refractivity contribution < 1.29 is 9.21 Å². The molecule has 0 aliphatic rings. The number of rotatable bonds is 5. The molecule has 3 aromatic rings. The third-order valence-corrected chi connectivity index (χ3v) is 5.04. The van der Waals surface area contributed by atoms with Crippen LogP contribution in [0.5, 0.6) is 0 Å². The normalized spacial score (nSPS) is 11.4. The van der Waals surface area contributed by atoms with E-state index in [1.165, 1.54) is 15.9 Å². The topological polar surface area (TPSA) is 82.1 Å². The van der Waals surface area contributed by atoms with Crippen molar-refractivity contribution in [2.45, 2.75) is 39.9 Å². The molecule has 1 N–H and O–H groups in total. The number of thiazole rings is 1. The molecule has 0 aromatic carbocycles. The number of furan rings is 1. The van der Waals surface area contributed by atoms with Crippen molar-refractivity contribution in [3.05, 3.63) is 44.3 Å². The Morgan fingerprint density at radius 2 is 2.20 bits per heavy atom. The minimum absolute atomic E-state index is 0.0108. The number of nitrogens with zero attached hydrogens (tertiary/aromatic N) is 3. The van der Waals surface area contributed by atoms with E-state index in [-0.39, 0.29) is 24.1 Å². The third kappa shape index (κ3) is 3.57. The lowest BCUT2D eigenvalue weighted by Crippen LogP contribution is -2.37. The zero-order valence-corrected chi connectivity index (χ0v) is 15.7. The van der Waals surface area contributed by atoms with Gasteiger partial charge in [-0.05, 0) is 45.1 Å². The summed E-state index contributed by atoms with van der Waals surface area (Å²) in [5, 5.41) is 2.78. The molecule has 3 rings (SSSR count). The van der Waals surface area contributed by atoms with E-state index in [0.717, 1.165) is 5.76 Å². The first-order chi connectivity index (χ1) is 11.9. The number of nitrogens with one attached hydrogen (secondary N) is 1. The SMILES string of the molecule is Cc1nc2c(sc(=S)n2Cc2ccco2)c(=O)n1CC(=O)NC(C)C. The first-order valence-corrected chi connectivity index (χ1v) is 9.02. The molecule has 0 saturated heterocycles. The summed E-state index contributed by atoms with van der Waals surface area (Å²) >= 11 is 6.59. The molecule has 0 spiro atoms. The molecule has 0 aliphatic carbocycles. The van der Waals surface area contributed by atoms with E-state index in [4.69, 9.17) is 16.6 Å². The van der Waals surface area contributed by atoms with Crippen molar-refractivity contribution >= 4 is 39.8 Å². The molecule has 9 heteroatoms. The number of amides is 1. The van der Waals surface area contributed by atoms with Crippen LogP contribution in [0.1, 0.15) is 25.4 Å². The molecule has 0 saturated carbocycles. The maximum Gasteiger partial charge on any atom is 0.273 e. The van der Waals surface area contributed by atoms with Crippen LogP contribution in [0.4, 0.5) is 0 Å². The molecule has 0 aliphatic heterocycles. The Morgan fingerprint density at radius 1 is 1.44 bits per heavy atom. The number of fused-ring (bicyclic) bond motifs is 1. The fourth-order valence-corrected chi connectivity index (χ4v) is 3.81. The zero-order valence-electron chi connectivity index (χ0n) is 14.1. The molecule has 0 fully saturated rings. The Balaban J connectivity index is 2.05. The van der Waals surface area contributed by atoms with Gasteiger partial charge in [-0.1, -0.05) is 11.3 Å².